The van der Waals surface area contributed by atoms with Gasteiger partial charge in [0.15, 0.2) is 0 Å². The molecule has 0 fully saturated rings. The van der Waals surface area contributed by atoms with Crippen molar-refractivity contribution in [3.63, 3.8) is 0 Å². The van der Waals surface area contributed by atoms with E-state index in [1.165, 1.54) is 12.1 Å². The van der Waals surface area contributed by atoms with Gasteiger partial charge in [0.05, 0.1) is 12.2 Å². The normalized spacial score (nSPS) is 17.2. The lowest BCUT2D eigenvalue weighted by atomic mass is 10.2. The van der Waals surface area contributed by atoms with Gasteiger partial charge in [0, 0.05) is 6.20 Å². The van der Waals surface area contributed by atoms with Crippen LogP contribution >= 0.6 is 0 Å². The quantitative estimate of drug-likeness (QED) is 0.868. The van der Waals surface area contributed by atoms with Crippen LogP contribution in [0.1, 0.15) is 10.5 Å². The zero-order valence-electron chi connectivity index (χ0n) is 10.5. The zero-order chi connectivity index (χ0) is 14.1. The van der Waals surface area contributed by atoms with Gasteiger partial charge in [0.2, 0.25) is 5.91 Å². The third-order valence-corrected chi connectivity index (χ3v) is 3.19. The minimum atomic E-state index is -0.720. The van der Waals surface area contributed by atoms with Gasteiger partial charge in [-0.25, -0.2) is 4.39 Å². The Balaban J connectivity index is 1.76. The van der Waals surface area contributed by atoms with Crippen LogP contribution in [0, 0.1) is 5.82 Å². The van der Waals surface area contributed by atoms with Gasteiger partial charge in [-0.2, -0.15) is 0 Å². The van der Waals surface area contributed by atoms with Crippen molar-refractivity contribution in [3.05, 3.63) is 54.1 Å². The third-order valence-electron chi connectivity index (χ3n) is 3.19. The van der Waals surface area contributed by atoms with Gasteiger partial charge in [-0.05, 0) is 24.3 Å². The van der Waals surface area contributed by atoms with E-state index in [0.29, 0.717) is 12.2 Å². The lowest BCUT2D eigenvalue weighted by Gasteiger charge is -2.24. The van der Waals surface area contributed by atoms with E-state index in [1.807, 2.05) is 0 Å². The van der Waals surface area contributed by atoms with Crippen LogP contribution < -0.4 is 10.6 Å². The molecule has 5 nitrogen and oxygen atoms in total. The second kappa shape index (κ2) is 4.80. The number of para-hydroxylation sites is 1. The molecule has 6 heteroatoms. The first kappa shape index (κ1) is 12.4. The molecule has 2 amide bonds. The molecule has 2 aromatic rings. The zero-order valence-corrected chi connectivity index (χ0v) is 10.5. The van der Waals surface area contributed by atoms with Crippen LogP contribution in [0.4, 0.5) is 10.1 Å². The lowest BCUT2D eigenvalue weighted by Crippen LogP contribution is -2.50. The number of nitrogens with one attached hydrogen (secondary N) is 2. The van der Waals surface area contributed by atoms with Crippen LogP contribution in [0.5, 0.6) is 0 Å². The Labute approximate surface area is 114 Å². The average Bonchev–Trinajstić information content (AvgIpc) is 2.90. The van der Waals surface area contributed by atoms with E-state index in [9.17, 15) is 14.0 Å². The highest BCUT2D eigenvalue weighted by molar-refractivity contribution is 6.01. The van der Waals surface area contributed by atoms with Gasteiger partial charge in [0.1, 0.15) is 17.6 Å². The number of anilines is 1. The molecule has 1 unspecified atom stereocenters. The van der Waals surface area contributed by atoms with Crippen molar-refractivity contribution in [2.75, 3.05) is 5.32 Å². The van der Waals surface area contributed by atoms with E-state index in [-0.39, 0.29) is 11.6 Å². The molecular formula is C14H12FN3O2. The molecule has 1 aromatic carbocycles. The molecule has 0 spiro atoms. The van der Waals surface area contributed by atoms with Gasteiger partial charge in [-0.15, -0.1) is 0 Å². The number of aromatic nitrogens is 1. The van der Waals surface area contributed by atoms with Crippen molar-refractivity contribution >= 4 is 17.5 Å². The standard InChI is InChI=1S/C14H12FN3O2/c15-9-4-1-2-5-10(9)16-13(19)11-8-18-7-3-6-12(18)14(20)17-11/h1-7,11H,8H2,(H,16,19)(H,17,20). The molecule has 20 heavy (non-hydrogen) atoms. The summed E-state index contributed by atoms with van der Waals surface area (Å²) in [5, 5.41) is 5.09. The largest absolute Gasteiger partial charge is 0.341 e. The predicted octanol–water partition coefficient (Wildman–Crippen LogP) is 1.38. The maximum atomic E-state index is 13.5. The fourth-order valence-corrected chi connectivity index (χ4v) is 2.18. The molecule has 102 valence electrons. The maximum absolute atomic E-state index is 13.5. The fraction of sp³-hybridized carbons (Fsp3) is 0.143. The monoisotopic (exact) mass is 273 g/mol. The molecule has 3 rings (SSSR count). The Bertz CT molecular complexity index is 681. The summed E-state index contributed by atoms with van der Waals surface area (Å²) >= 11 is 0. The second-order valence-corrected chi connectivity index (χ2v) is 4.54. The lowest BCUT2D eigenvalue weighted by molar-refractivity contribution is -0.118. The number of hydrogen-bond acceptors (Lipinski definition) is 2. The van der Waals surface area contributed by atoms with Crippen LogP contribution in [0.2, 0.25) is 0 Å². The summed E-state index contributed by atoms with van der Waals surface area (Å²) in [6.07, 6.45) is 1.73. The minimum Gasteiger partial charge on any atom is -0.341 e. The summed E-state index contributed by atoms with van der Waals surface area (Å²) in [6.45, 7) is 0.328. The minimum absolute atomic E-state index is 0.102. The number of carbonyl (C=O) groups is 2. The first-order chi connectivity index (χ1) is 9.65. The molecule has 1 aliphatic rings. The number of fused-ring (bicyclic) bond motifs is 1. The number of halogens is 1. The van der Waals surface area contributed by atoms with E-state index >= 15 is 0 Å². The van der Waals surface area contributed by atoms with E-state index < -0.39 is 17.8 Å². The smallest absolute Gasteiger partial charge is 0.268 e. The molecule has 0 radical (unpaired) electrons. The Hall–Kier alpha value is -2.63. The fourth-order valence-electron chi connectivity index (χ4n) is 2.18. The summed E-state index contributed by atoms with van der Waals surface area (Å²) in [6, 6.07) is 8.61. The molecule has 1 atom stereocenters. The van der Waals surface area contributed by atoms with E-state index in [4.69, 9.17) is 0 Å². The SMILES string of the molecule is O=C1NC(C(=O)Nc2ccccc2F)Cn2cccc21. The van der Waals surface area contributed by atoms with Crippen LogP contribution in [0.3, 0.4) is 0 Å². The molecule has 1 aromatic heterocycles. The van der Waals surface area contributed by atoms with Gasteiger partial charge < -0.3 is 15.2 Å². The van der Waals surface area contributed by atoms with Crippen molar-refractivity contribution in [1.82, 2.24) is 9.88 Å². The molecule has 2 N–H and O–H groups in total. The van der Waals surface area contributed by atoms with Crippen molar-refractivity contribution in [3.8, 4) is 0 Å². The van der Waals surface area contributed by atoms with Crippen LogP contribution in [0.15, 0.2) is 42.6 Å². The Morgan fingerprint density at radius 2 is 2.10 bits per heavy atom. The third kappa shape index (κ3) is 2.16. The number of carbonyl (C=O) groups excluding carboxylic acids is 2. The van der Waals surface area contributed by atoms with E-state index in [0.717, 1.165) is 0 Å². The van der Waals surface area contributed by atoms with E-state index in [1.54, 1.807) is 35.0 Å². The summed E-state index contributed by atoms with van der Waals surface area (Å²) in [7, 11) is 0. The summed E-state index contributed by atoms with van der Waals surface area (Å²) in [5.41, 5.74) is 0.616. The molecule has 0 saturated heterocycles. The Morgan fingerprint density at radius 3 is 2.90 bits per heavy atom. The second-order valence-electron chi connectivity index (χ2n) is 4.54. The Morgan fingerprint density at radius 1 is 1.30 bits per heavy atom. The molecule has 1 aliphatic heterocycles. The van der Waals surface area contributed by atoms with Gasteiger partial charge in [0.25, 0.3) is 5.91 Å². The first-order valence-electron chi connectivity index (χ1n) is 6.16. The van der Waals surface area contributed by atoms with Crippen molar-refractivity contribution in [2.24, 2.45) is 0 Å². The van der Waals surface area contributed by atoms with Crippen molar-refractivity contribution in [1.29, 1.82) is 0 Å². The number of benzene rings is 1. The molecule has 0 saturated carbocycles. The van der Waals surface area contributed by atoms with Crippen LogP contribution in [0.25, 0.3) is 0 Å². The van der Waals surface area contributed by atoms with Gasteiger partial charge >= 0.3 is 0 Å². The summed E-state index contributed by atoms with van der Waals surface area (Å²) < 4.78 is 15.2. The highest BCUT2D eigenvalue weighted by atomic mass is 19.1. The first-order valence-corrected chi connectivity index (χ1v) is 6.16. The van der Waals surface area contributed by atoms with Crippen molar-refractivity contribution < 1.29 is 14.0 Å². The number of nitrogens with zero attached hydrogens (tertiary/aromatic N) is 1. The van der Waals surface area contributed by atoms with Crippen LogP contribution in [-0.2, 0) is 11.3 Å². The number of amides is 2. The van der Waals surface area contributed by atoms with E-state index in [2.05, 4.69) is 10.6 Å². The molecular weight excluding hydrogens is 261 g/mol. The highest BCUT2D eigenvalue weighted by Gasteiger charge is 2.28. The van der Waals surface area contributed by atoms with Crippen LogP contribution in [-0.4, -0.2) is 22.4 Å². The predicted molar refractivity (Wildman–Crippen MR) is 70.7 cm³/mol. The molecule has 2 heterocycles. The summed E-state index contributed by atoms with van der Waals surface area (Å²) in [5.74, 6) is -1.26. The molecule has 0 bridgehead atoms. The molecule has 0 aliphatic carbocycles. The number of rotatable bonds is 2. The topological polar surface area (TPSA) is 63.1 Å². The highest BCUT2D eigenvalue weighted by Crippen LogP contribution is 2.15. The summed E-state index contributed by atoms with van der Waals surface area (Å²) in [4.78, 5) is 23.9. The maximum Gasteiger partial charge on any atom is 0.268 e. The Kier molecular flexibility index (Phi) is 2.98. The van der Waals surface area contributed by atoms with Crippen molar-refractivity contribution in [2.45, 2.75) is 12.6 Å². The van der Waals surface area contributed by atoms with Gasteiger partial charge in [-0.3, -0.25) is 9.59 Å². The number of hydrogen-bond donors (Lipinski definition) is 2. The average molecular weight is 273 g/mol. The van der Waals surface area contributed by atoms with Gasteiger partial charge in [-0.1, -0.05) is 12.1 Å².